The van der Waals surface area contributed by atoms with Crippen LogP contribution in [0.4, 0.5) is 5.82 Å². The number of aromatic nitrogens is 1. The first-order chi connectivity index (χ1) is 7.79. The molecule has 0 atom stereocenters. The van der Waals surface area contributed by atoms with Crippen molar-refractivity contribution in [3.8, 4) is 0 Å². The number of hydrogen-bond acceptors (Lipinski definition) is 4. The van der Waals surface area contributed by atoms with Crippen LogP contribution < -0.4 is 10.6 Å². The van der Waals surface area contributed by atoms with Gasteiger partial charge < -0.3 is 15.1 Å². The van der Waals surface area contributed by atoms with Crippen molar-refractivity contribution in [2.45, 2.75) is 13.1 Å². The van der Waals surface area contributed by atoms with Crippen molar-refractivity contribution in [1.82, 2.24) is 4.98 Å². The summed E-state index contributed by atoms with van der Waals surface area (Å²) in [5.41, 5.74) is 6.55. The van der Waals surface area contributed by atoms with Gasteiger partial charge in [0.15, 0.2) is 0 Å². The summed E-state index contributed by atoms with van der Waals surface area (Å²) in [6.45, 7) is 1.23. The predicted molar refractivity (Wildman–Crippen MR) is 62.9 cm³/mol. The van der Waals surface area contributed by atoms with Gasteiger partial charge in [0.1, 0.15) is 11.6 Å². The van der Waals surface area contributed by atoms with Crippen LogP contribution in [0.15, 0.2) is 41.1 Å². The number of anilines is 1. The highest BCUT2D eigenvalue weighted by molar-refractivity contribution is 5.38. The summed E-state index contributed by atoms with van der Waals surface area (Å²) in [5.74, 6) is 1.83. The van der Waals surface area contributed by atoms with E-state index in [1.54, 1.807) is 12.5 Å². The lowest BCUT2D eigenvalue weighted by Gasteiger charge is -2.16. The second kappa shape index (κ2) is 4.81. The molecule has 2 aromatic rings. The molecule has 84 valence electrons. The smallest absolute Gasteiger partial charge is 0.128 e. The molecule has 0 bridgehead atoms. The molecular formula is C12H15N3O. The normalized spacial score (nSPS) is 10.4. The molecule has 0 spiro atoms. The molecule has 2 rings (SSSR count). The second-order valence-corrected chi connectivity index (χ2v) is 3.66. The van der Waals surface area contributed by atoms with E-state index < -0.39 is 0 Å². The summed E-state index contributed by atoms with van der Waals surface area (Å²) < 4.78 is 5.28. The molecule has 2 heterocycles. The quantitative estimate of drug-likeness (QED) is 0.848. The zero-order chi connectivity index (χ0) is 11.4. The number of nitrogens with two attached hydrogens (primary N) is 1. The summed E-state index contributed by atoms with van der Waals surface area (Å²) in [6.07, 6.45) is 3.47. The standard InChI is InChI=1S/C12H15N3O/c1-15(9-11-3-2-6-16-11)12-5-4-10(7-13)8-14-12/h2-6,8H,7,9,13H2,1H3. The Balaban J connectivity index is 2.05. The zero-order valence-corrected chi connectivity index (χ0v) is 9.26. The van der Waals surface area contributed by atoms with Crippen molar-refractivity contribution in [3.05, 3.63) is 48.0 Å². The van der Waals surface area contributed by atoms with Crippen molar-refractivity contribution in [3.63, 3.8) is 0 Å². The van der Waals surface area contributed by atoms with Gasteiger partial charge in [-0.1, -0.05) is 6.07 Å². The maximum Gasteiger partial charge on any atom is 0.128 e. The van der Waals surface area contributed by atoms with Crippen LogP contribution in [0.5, 0.6) is 0 Å². The lowest BCUT2D eigenvalue weighted by Crippen LogP contribution is -2.17. The fraction of sp³-hybridized carbons (Fsp3) is 0.250. The molecule has 2 aromatic heterocycles. The molecule has 4 heteroatoms. The minimum absolute atomic E-state index is 0.523. The van der Waals surface area contributed by atoms with Gasteiger partial charge in [0, 0.05) is 19.8 Å². The first-order valence-corrected chi connectivity index (χ1v) is 5.18. The predicted octanol–water partition coefficient (Wildman–Crippen LogP) is 1.77. The van der Waals surface area contributed by atoms with Gasteiger partial charge in [-0.15, -0.1) is 0 Å². The Morgan fingerprint density at radius 1 is 1.38 bits per heavy atom. The van der Waals surface area contributed by atoms with Crippen molar-refractivity contribution >= 4 is 5.82 Å². The van der Waals surface area contributed by atoms with Crippen molar-refractivity contribution in [2.24, 2.45) is 5.73 Å². The van der Waals surface area contributed by atoms with Gasteiger partial charge in [0.25, 0.3) is 0 Å². The van der Waals surface area contributed by atoms with Crippen molar-refractivity contribution in [2.75, 3.05) is 11.9 Å². The van der Waals surface area contributed by atoms with Gasteiger partial charge in [-0.25, -0.2) is 4.98 Å². The largest absolute Gasteiger partial charge is 0.467 e. The topological polar surface area (TPSA) is 55.3 Å². The molecule has 4 nitrogen and oxygen atoms in total. The van der Waals surface area contributed by atoms with E-state index in [4.69, 9.17) is 10.2 Å². The van der Waals surface area contributed by atoms with E-state index >= 15 is 0 Å². The van der Waals surface area contributed by atoms with E-state index in [0.717, 1.165) is 17.1 Å². The Morgan fingerprint density at radius 3 is 2.81 bits per heavy atom. The van der Waals surface area contributed by atoms with E-state index in [2.05, 4.69) is 4.98 Å². The van der Waals surface area contributed by atoms with Gasteiger partial charge in [0.05, 0.1) is 12.8 Å². The first kappa shape index (κ1) is 10.7. The summed E-state index contributed by atoms with van der Waals surface area (Å²) in [4.78, 5) is 6.36. The molecule has 0 saturated heterocycles. The molecule has 0 amide bonds. The van der Waals surface area contributed by atoms with Crippen molar-refractivity contribution < 1.29 is 4.42 Å². The number of nitrogens with zero attached hydrogens (tertiary/aromatic N) is 2. The Kier molecular flexibility index (Phi) is 3.22. The van der Waals surface area contributed by atoms with Gasteiger partial charge in [-0.05, 0) is 23.8 Å². The zero-order valence-electron chi connectivity index (χ0n) is 9.26. The fourth-order valence-corrected chi connectivity index (χ4v) is 1.48. The third kappa shape index (κ3) is 2.41. The SMILES string of the molecule is CN(Cc1ccco1)c1ccc(CN)cn1. The van der Waals surface area contributed by atoms with Gasteiger partial charge in [-0.2, -0.15) is 0 Å². The van der Waals surface area contributed by atoms with Crippen LogP contribution in [-0.4, -0.2) is 12.0 Å². The first-order valence-electron chi connectivity index (χ1n) is 5.18. The molecule has 0 aliphatic carbocycles. The summed E-state index contributed by atoms with van der Waals surface area (Å²) in [7, 11) is 1.98. The van der Waals surface area contributed by atoms with Gasteiger partial charge in [0.2, 0.25) is 0 Å². The average Bonchev–Trinajstić information content (AvgIpc) is 2.82. The lowest BCUT2D eigenvalue weighted by molar-refractivity contribution is 0.507. The fourth-order valence-electron chi connectivity index (χ4n) is 1.48. The Morgan fingerprint density at radius 2 is 2.25 bits per heavy atom. The van der Waals surface area contributed by atoms with Crippen LogP contribution in [0.1, 0.15) is 11.3 Å². The summed E-state index contributed by atoms with van der Waals surface area (Å²) in [5, 5.41) is 0. The van der Waals surface area contributed by atoms with Crippen LogP contribution in [0.25, 0.3) is 0 Å². The third-order valence-corrected chi connectivity index (χ3v) is 2.41. The van der Waals surface area contributed by atoms with Crippen LogP contribution in [0.2, 0.25) is 0 Å². The molecule has 0 saturated carbocycles. The maximum atomic E-state index is 5.52. The molecule has 0 radical (unpaired) electrons. The highest BCUT2D eigenvalue weighted by Gasteiger charge is 2.04. The molecule has 0 unspecified atom stereocenters. The van der Waals surface area contributed by atoms with E-state index in [1.165, 1.54) is 0 Å². The van der Waals surface area contributed by atoms with Crippen LogP contribution >= 0.6 is 0 Å². The van der Waals surface area contributed by atoms with E-state index in [9.17, 15) is 0 Å². The number of hydrogen-bond donors (Lipinski definition) is 1. The highest BCUT2D eigenvalue weighted by atomic mass is 16.3. The van der Waals surface area contributed by atoms with Crippen LogP contribution in [0, 0.1) is 0 Å². The number of pyridine rings is 1. The van der Waals surface area contributed by atoms with E-state index in [1.807, 2.05) is 36.2 Å². The monoisotopic (exact) mass is 217 g/mol. The Labute approximate surface area is 94.7 Å². The van der Waals surface area contributed by atoms with Crippen molar-refractivity contribution in [1.29, 1.82) is 0 Å². The lowest BCUT2D eigenvalue weighted by atomic mass is 10.3. The Bertz CT molecular complexity index is 422. The van der Waals surface area contributed by atoms with Crippen LogP contribution in [0.3, 0.4) is 0 Å². The second-order valence-electron chi connectivity index (χ2n) is 3.66. The third-order valence-electron chi connectivity index (χ3n) is 2.41. The minimum Gasteiger partial charge on any atom is -0.467 e. The molecule has 0 aliphatic heterocycles. The molecular weight excluding hydrogens is 202 g/mol. The highest BCUT2D eigenvalue weighted by Crippen LogP contribution is 2.13. The average molecular weight is 217 g/mol. The molecule has 0 aromatic carbocycles. The molecule has 0 aliphatic rings. The number of furan rings is 1. The Hall–Kier alpha value is -1.81. The van der Waals surface area contributed by atoms with E-state index in [0.29, 0.717) is 13.1 Å². The molecule has 0 fully saturated rings. The number of rotatable bonds is 4. The molecule has 16 heavy (non-hydrogen) atoms. The van der Waals surface area contributed by atoms with Gasteiger partial charge >= 0.3 is 0 Å². The van der Waals surface area contributed by atoms with E-state index in [-0.39, 0.29) is 0 Å². The molecule has 2 N–H and O–H groups in total. The minimum atomic E-state index is 0.523. The van der Waals surface area contributed by atoms with Crippen LogP contribution in [-0.2, 0) is 13.1 Å². The summed E-state index contributed by atoms with van der Waals surface area (Å²) in [6, 6.07) is 7.78. The van der Waals surface area contributed by atoms with Gasteiger partial charge in [-0.3, -0.25) is 0 Å². The summed E-state index contributed by atoms with van der Waals surface area (Å²) >= 11 is 0. The maximum absolute atomic E-state index is 5.52.